The Morgan fingerprint density at radius 2 is 2.11 bits per heavy atom. The van der Waals surface area contributed by atoms with Crippen molar-refractivity contribution in [2.75, 3.05) is 6.54 Å². The second-order valence-corrected chi connectivity index (χ2v) is 8.46. The van der Waals surface area contributed by atoms with E-state index in [0.29, 0.717) is 29.1 Å². The molecule has 2 unspecified atom stereocenters. The van der Waals surface area contributed by atoms with E-state index in [2.05, 4.69) is 11.6 Å². The van der Waals surface area contributed by atoms with E-state index < -0.39 is 10.0 Å². The highest BCUT2D eigenvalue weighted by Crippen LogP contribution is 2.29. The lowest BCUT2D eigenvalue weighted by atomic mass is 9.81. The normalized spacial score (nSPS) is 24.5. The molecular weight excluding hydrogens is 280 g/mol. The molecule has 2 rings (SSSR count). The summed E-state index contributed by atoms with van der Waals surface area (Å²) in [4.78, 5) is 0.895. The zero-order chi connectivity index (χ0) is 13.9. The SMILES string of the molecule is CC1CCCCC1CNS(=O)(=O)c1ccc(CN)s1. The first-order valence-electron chi connectivity index (χ1n) is 6.81. The summed E-state index contributed by atoms with van der Waals surface area (Å²) in [5, 5.41) is 0. The molecule has 0 aliphatic heterocycles. The van der Waals surface area contributed by atoms with Crippen molar-refractivity contribution >= 4 is 21.4 Å². The third kappa shape index (κ3) is 3.78. The Kier molecular flexibility index (Phi) is 5.00. The Morgan fingerprint density at radius 1 is 1.37 bits per heavy atom. The molecule has 0 amide bonds. The smallest absolute Gasteiger partial charge is 0.250 e. The van der Waals surface area contributed by atoms with Crippen molar-refractivity contribution in [1.82, 2.24) is 4.72 Å². The highest BCUT2D eigenvalue weighted by atomic mass is 32.2. The molecule has 1 aromatic heterocycles. The van der Waals surface area contributed by atoms with Crippen molar-refractivity contribution < 1.29 is 8.42 Å². The van der Waals surface area contributed by atoms with Gasteiger partial charge in [0.25, 0.3) is 0 Å². The monoisotopic (exact) mass is 302 g/mol. The molecule has 0 saturated heterocycles. The minimum absolute atomic E-state index is 0.372. The van der Waals surface area contributed by atoms with Crippen molar-refractivity contribution in [3.8, 4) is 0 Å². The van der Waals surface area contributed by atoms with Gasteiger partial charge in [-0.05, 0) is 30.4 Å². The predicted octanol–water partition coefficient (Wildman–Crippen LogP) is 2.31. The van der Waals surface area contributed by atoms with Gasteiger partial charge in [0.2, 0.25) is 10.0 Å². The standard InChI is InChI=1S/C13H22N2O2S2/c1-10-4-2-3-5-11(10)9-15-19(16,17)13-7-6-12(8-14)18-13/h6-7,10-11,15H,2-5,8-9,14H2,1H3. The first kappa shape index (κ1) is 15.0. The third-order valence-corrected chi connectivity index (χ3v) is 6.95. The summed E-state index contributed by atoms with van der Waals surface area (Å²) in [7, 11) is -3.36. The molecule has 2 atom stereocenters. The number of hydrogen-bond donors (Lipinski definition) is 2. The highest BCUT2D eigenvalue weighted by molar-refractivity contribution is 7.91. The first-order chi connectivity index (χ1) is 9.03. The number of rotatable bonds is 5. The average Bonchev–Trinajstić information content (AvgIpc) is 2.87. The summed E-state index contributed by atoms with van der Waals surface area (Å²) in [6.07, 6.45) is 4.83. The van der Waals surface area contributed by atoms with Gasteiger partial charge in [0.05, 0.1) is 0 Å². The number of hydrogen-bond acceptors (Lipinski definition) is 4. The fourth-order valence-electron chi connectivity index (χ4n) is 2.60. The molecule has 1 aromatic rings. The van der Waals surface area contributed by atoms with Crippen LogP contribution in [0.2, 0.25) is 0 Å². The van der Waals surface area contributed by atoms with Crippen LogP contribution >= 0.6 is 11.3 Å². The summed E-state index contributed by atoms with van der Waals surface area (Å²) in [5.41, 5.74) is 5.51. The molecule has 0 bridgehead atoms. The lowest BCUT2D eigenvalue weighted by Crippen LogP contribution is -2.33. The van der Waals surface area contributed by atoms with Gasteiger partial charge in [-0.2, -0.15) is 0 Å². The summed E-state index contributed by atoms with van der Waals surface area (Å²) < 4.78 is 27.5. The van der Waals surface area contributed by atoms with Gasteiger partial charge in [0, 0.05) is 18.0 Å². The molecule has 1 fully saturated rings. The lowest BCUT2D eigenvalue weighted by Gasteiger charge is -2.28. The molecule has 0 spiro atoms. The zero-order valence-corrected chi connectivity index (χ0v) is 12.9. The average molecular weight is 302 g/mol. The highest BCUT2D eigenvalue weighted by Gasteiger charge is 2.24. The lowest BCUT2D eigenvalue weighted by molar-refractivity contribution is 0.257. The van der Waals surface area contributed by atoms with E-state index in [1.807, 2.05) is 0 Å². The Labute approximate surface area is 119 Å². The van der Waals surface area contributed by atoms with Gasteiger partial charge in [-0.1, -0.05) is 26.2 Å². The second kappa shape index (κ2) is 6.35. The van der Waals surface area contributed by atoms with E-state index in [4.69, 9.17) is 5.73 Å². The van der Waals surface area contributed by atoms with E-state index in [9.17, 15) is 8.42 Å². The number of sulfonamides is 1. The van der Waals surface area contributed by atoms with Gasteiger partial charge in [-0.3, -0.25) is 0 Å². The zero-order valence-electron chi connectivity index (χ0n) is 11.3. The van der Waals surface area contributed by atoms with Crippen molar-refractivity contribution in [2.24, 2.45) is 17.6 Å². The molecule has 0 radical (unpaired) electrons. The maximum absolute atomic E-state index is 12.2. The Balaban J connectivity index is 1.97. The van der Waals surface area contributed by atoms with Crippen LogP contribution in [-0.2, 0) is 16.6 Å². The van der Waals surface area contributed by atoms with Crippen molar-refractivity contribution in [3.05, 3.63) is 17.0 Å². The van der Waals surface area contributed by atoms with E-state index in [-0.39, 0.29) is 0 Å². The van der Waals surface area contributed by atoms with Crippen molar-refractivity contribution in [2.45, 2.75) is 43.4 Å². The van der Waals surface area contributed by atoms with Crippen LogP contribution in [0.4, 0.5) is 0 Å². The van der Waals surface area contributed by atoms with Gasteiger partial charge in [-0.25, -0.2) is 13.1 Å². The van der Waals surface area contributed by atoms with Crippen LogP contribution < -0.4 is 10.5 Å². The summed E-state index contributed by atoms with van der Waals surface area (Å²) in [5.74, 6) is 1.08. The Bertz CT molecular complexity index is 510. The molecule has 19 heavy (non-hydrogen) atoms. The van der Waals surface area contributed by atoms with Crippen molar-refractivity contribution in [1.29, 1.82) is 0 Å². The van der Waals surface area contributed by atoms with Crippen LogP contribution in [0.15, 0.2) is 16.3 Å². The second-order valence-electron chi connectivity index (χ2n) is 5.30. The molecule has 1 saturated carbocycles. The predicted molar refractivity (Wildman–Crippen MR) is 78.5 cm³/mol. The fraction of sp³-hybridized carbons (Fsp3) is 0.692. The molecule has 108 valence electrons. The van der Waals surface area contributed by atoms with Crippen LogP contribution in [0.25, 0.3) is 0 Å². The number of nitrogens with two attached hydrogens (primary N) is 1. The van der Waals surface area contributed by atoms with Crippen LogP contribution in [0.5, 0.6) is 0 Å². The van der Waals surface area contributed by atoms with Crippen LogP contribution in [-0.4, -0.2) is 15.0 Å². The topological polar surface area (TPSA) is 72.2 Å². The summed E-state index contributed by atoms with van der Waals surface area (Å²) >= 11 is 1.25. The van der Waals surface area contributed by atoms with E-state index in [0.717, 1.165) is 11.3 Å². The molecule has 1 aliphatic rings. The Hall–Kier alpha value is -0.430. The van der Waals surface area contributed by atoms with E-state index >= 15 is 0 Å². The quantitative estimate of drug-likeness (QED) is 0.876. The van der Waals surface area contributed by atoms with Crippen LogP contribution in [0.3, 0.4) is 0 Å². The molecular formula is C13H22N2O2S2. The van der Waals surface area contributed by atoms with Gasteiger partial charge in [0.15, 0.2) is 0 Å². The molecule has 1 aliphatic carbocycles. The number of thiophene rings is 1. The summed E-state index contributed by atoms with van der Waals surface area (Å²) in [6, 6.07) is 3.42. The van der Waals surface area contributed by atoms with Crippen LogP contribution in [0, 0.1) is 11.8 Å². The maximum atomic E-state index is 12.2. The van der Waals surface area contributed by atoms with Gasteiger partial charge in [0.1, 0.15) is 4.21 Å². The maximum Gasteiger partial charge on any atom is 0.250 e. The fourth-order valence-corrected chi connectivity index (χ4v) is 4.97. The van der Waals surface area contributed by atoms with E-state index in [1.54, 1.807) is 12.1 Å². The molecule has 3 N–H and O–H groups in total. The van der Waals surface area contributed by atoms with E-state index in [1.165, 1.54) is 30.6 Å². The molecule has 4 nitrogen and oxygen atoms in total. The third-order valence-electron chi connectivity index (χ3n) is 3.93. The minimum atomic E-state index is -3.36. The summed E-state index contributed by atoms with van der Waals surface area (Å²) in [6.45, 7) is 3.16. The molecule has 0 aromatic carbocycles. The number of nitrogens with one attached hydrogen (secondary N) is 1. The Morgan fingerprint density at radius 3 is 2.74 bits per heavy atom. The first-order valence-corrected chi connectivity index (χ1v) is 9.11. The van der Waals surface area contributed by atoms with Gasteiger partial charge < -0.3 is 5.73 Å². The largest absolute Gasteiger partial charge is 0.326 e. The van der Waals surface area contributed by atoms with Crippen LogP contribution in [0.1, 0.15) is 37.5 Å². The minimum Gasteiger partial charge on any atom is -0.326 e. The molecule has 1 heterocycles. The van der Waals surface area contributed by atoms with Gasteiger partial charge in [-0.15, -0.1) is 11.3 Å². The molecule has 6 heteroatoms. The van der Waals surface area contributed by atoms with Gasteiger partial charge >= 0.3 is 0 Å². The van der Waals surface area contributed by atoms with Crippen molar-refractivity contribution in [3.63, 3.8) is 0 Å².